The molecule has 1 amide bonds. The molecule has 1 atom stereocenters. The molecule has 1 aromatic rings. The van der Waals surface area contributed by atoms with E-state index in [-0.39, 0.29) is 11.8 Å². The monoisotopic (exact) mass is 288 g/mol. The molecule has 0 spiro atoms. The first kappa shape index (κ1) is 13.2. The Morgan fingerprint density at radius 2 is 2.28 bits per heavy atom. The average Bonchev–Trinajstić information content (AvgIpc) is 2.78. The first-order chi connectivity index (χ1) is 8.52. The van der Waals surface area contributed by atoms with Crippen molar-refractivity contribution in [1.29, 1.82) is 0 Å². The van der Waals surface area contributed by atoms with Gasteiger partial charge in [-0.25, -0.2) is 4.98 Å². The third-order valence-corrected chi connectivity index (χ3v) is 3.60. The van der Waals surface area contributed by atoms with Gasteiger partial charge in [0.25, 0.3) is 0 Å². The van der Waals surface area contributed by atoms with Gasteiger partial charge in [-0.05, 0) is 12.5 Å². The van der Waals surface area contributed by atoms with Crippen molar-refractivity contribution in [3.05, 3.63) is 16.1 Å². The second-order valence-corrected chi connectivity index (χ2v) is 5.02. The van der Waals surface area contributed by atoms with E-state index in [0.717, 1.165) is 6.42 Å². The van der Waals surface area contributed by atoms with Crippen molar-refractivity contribution in [3.8, 4) is 0 Å². The van der Waals surface area contributed by atoms with Gasteiger partial charge in [0.05, 0.1) is 16.0 Å². The molecule has 5 nitrogen and oxygen atoms in total. The minimum absolute atomic E-state index is 0.142. The molecule has 1 aliphatic heterocycles. The van der Waals surface area contributed by atoms with Crippen LogP contribution in [0, 0.1) is 5.92 Å². The molecule has 98 valence electrons. The summed E-state index contributed by atoms with van der Waals surface area (Å²) in [7, 11) is 1.74. The number of nitrogens with zero attached hydrogens (tertiary/aromatic N) is 2. The van der Waals surface area contributed by atoms with Gasteiger partial charge >= 0.3 is 0 Å². The second-order valence-electron chi connectivity index (χ2n) is 4.21. The number of pyridine rings is 1. The highest BCUT2D eigenvalue weighted by Gasteiger charge is 2.29. The van der Waals surface area contributed by atoms with E-state index in [1.807, 2.05) is 4.90 Å². The van der Waals surface area contributed by atoms with Gasteiger partial charge in [-0.1, -0.05) is 23.2 Å². The molecule has 3 N–H and O–H groups in total. The number of rotatable bonds is 3. The zero-order valence-corrected chi connectivity index (χ0v) is 11.4. The van der Waals surface area contributed by atoms with Gasteiger partial charge in [-0.15, -0.1) is 0 Å². The smallest absolute Gasteiger partial charge is 0.222 e. The first-order valence-electron chi connectivity index (χ1n) is 5.61. The summed E-state index contributed by atoms with van der Waals surface area (Å²) in [5.74, 6) is 0.778. The SMILES string of the molecule is CNc1nc(N2CCC(C(N)=O)C2)c(Cl)cc1Cl. The van der Waals surface area contributed by atoms with Crippen molar-refractivity contribution in [3.63, 3.8) is 0 Å². The molecule has 1 saturated heterocycles. The summed E-state index contributed by atoms with van der Waals surface area (Å²) in [5.41, 5.74) is 5.30. The maximum absolute atomic E-state index is 11.1. The lowest BCUT2D eigenvalue weighted by molar-refractivity contribution is -0.121. The van der Waals surface area contributed by atoms with Crippen molar-refractivity contribution >= 4 is 40.7 Å². The van der Waals surface area contributed by atoms with Crippen molar-refractivity contribution < 1.29 is 4.79 Å². The fourth-order valence-corrected chi connectivity index (χ4v) is 2.61. The second kappa shape index (κ2) is 5.20. The minimum Gasteiger partial charge on any atom is -0.372 e. The van der Waals surface area contributed by atoms with Crippen molar-refractivity contribution in [2.45, 2.75) is 6.42 Å². The highest BCUT2D eigenvalue weighted by atomic mass is 35.5. The summed E-state index contributed by atoms with van der Waals surface area (Å²) < 4.78 is 0. The van der Waals surface area contributed by atoms with Gasteiger partial charge in [-0.3, -0.25) is 4.79 Å². The van der Waals surface area contributed by atoms with Crippen LogP contribution < -0.4 is 16.0 Å². The van der Waals surface area contributed by atoms with Gasteiger partial charge < -0.3 is 16.0 Å². The fraction of sp³-hybridized carbons (Fsp3) is 0.455. The normalized spacial score (nSPS) is 19.1. The Morgan fingerprint density at radius 1 is 1.56 bits per heavy atom. The van der Waals surface area contributed by atoms with E-state index in [4.69, 9.17) is 28.9 Å². The van der Waals surface area contributed by atoms with Crippen molar-refractivity contribution in [2.24, 2.45) is 11.7 Å². The maximum atomic E-state index is 11.1. The lowest BCUT2D eigenvalue weighted by atomic mass is 10.1. The fourth-order valence-electron chi connectivity index (χ4n) is 2.04. The average molecular weight is 289 g/mol. The highest BCUT2D eigenvalue weighted by Crippen LogP contribution is 2.33. The number of primary amides is 1. The molecule has 2 heterocycles. The largest absolute Gasteiger partial charge is 0.372 e. The molecule has 0 saturated carbocycles. The summed E-state index contributed by atoms with van der Waals surface area (Å²) in [6, 6.07) is 1.65. The molecule has 0 aliphatic carbocycles. The van der Waals surface area contributed by atoms with Gasteiger partial charge in [0.1, 0.15) is 11.6 Å². The summed E-state index contributed by atoms with van der Waals surface area (Å²) >= 11 is 12.1. The van der Waals surface area contributed by atoms with E-state index in [2.05, 4.69) is 10.3 Å². The molecule has 1 aromatic heterocycles. The number of carbonyl (C=O) groups excluding carboxylic acids is 1. The van der Waals surface area contributed by atoms with Crippen LogP contribution in [-0.4, -0.2) is 31.0 Å². The van der Waals surface area contributed by atoms with Crippen LogP contribution in [-0.2, 0) is 4.79 Å². The summed E-state index contributed by atoms with van der Waals surface area (Å²) in [6.07, 6.45) is 0.727. The minimum atomic E-state index is -0.281. The number of carbonyl (C=O) groups is 1. The van der Waals surface area contributed by atoms with E-state index >= 15 is 0 Å². The molecule has 7 heteroatoms. The third-order valence-electron chi connectivity index (χ3n) is 3.04. The molecule has 1 fully saturated rings. The predicted molar refractivity (Wildman–Crippen MR) is 73.3 cm³/mol. The Labute approximate surface area is 115 Å². The van der Waals surface area contributed by atoms with E-state index in [1.165, 1.54) is 0 Å². The van der Waals surface area contributed by atoms with Crippen LogP contribution in [0.25, 0.3) is 0 Å². The van der Waals surface area contributed by atoms with Crippen LogP contribution in [0.5, 0.6) is 0 Å². The van der Waals surface area contributed by atoms with E-state index in [1.54, 1.807) is 13.1 Å². The lowest BCUT2D eigenvalue weighted by Gasteiger charge is -2.19. The number of anilines is 2. The molecular weight excluding hydrogens is 275 g/mol. The Hall–Kier alpha value is -1.20. The van der Waals surface area contributed by atoms with Crippen LogP contribution in [0.15, 0.2) is 6.07 Å². The molecule has 2 rings (SSSR count). The van der Waals surface area contributed by atoms with Crippen LogP contribution in [0.4, 0.5) is 11.6 Å². The van der Waals surface area contributed by atoms with Crippen LogP contribution >= 0.6 is 23.2 Å². The highest BCUT2D eigenvalue weighted by molar-refractivity contribution is 6.37. The first-order valence-corrected chi connectivity index (χ1v) is 6.36. The van der Waals surface area contributed by atoms with Gasteiger partial charge in [0.2, 0.25) is 5.91 Å². The zero-order chi connectivity index (χ0) is 13.3. The number of hydrogen-bond donors (Lipinski definition) is 2. The van der Waals surface area contributed by atoms with Crippen LogP contribution in [0.2, 0.25) is 10.0 Å². The molecule has 18 heavy (non-hydrogen) atoms. The number of hydrogen-bond acceptors (Lipinski definition) is 4. The van der Waals surface area contributed by atoms with Crippen molar-refractivity contribution in [2.75, 3.05) is 30.4 Å². The lowest BCUT2D eigenvalue weighted by Crippen LogP contribution is -2.28. The van der Waals surface area contributed by atoms with Gasteiger partial charge in [-0.2, -0.15) is 0 Å². The predicted octanol–water partition coefficient (Wildman–Crippen LogP) is 1.74. The molecule has 1 aliphatic rings. The topological polar surface area (TPSA) is 71.2 Å². The van der Waals surface area contributed by atoms with E-state index in [0.29, 0.717) is 34.8 Å². The van der Waals surface area contributed by atoms with Gasteiger partial charge in [0, 0.05) is 20.1 Å². The number of nitrogens with two attached hydrogens (primary N) is 1. The quantitative estimate of drug-likeness (QED) is 0.889. The standard InChI is InChI=1S/C11H14Cl2N4O/c1-15-10-7(12)4-8(13)11(16-10)17-3-2-6(5-17)9(14)18/h4,6H,2-3,5H2,1H3,(H2,14,18)(H,15,16). The summed E-state index contributed by atoms with van der Waals surface area (Å²) in [6.45, 7) is 1.26. The third kappa shape index (κ3) is 2.47. The number of amides is 1. The van der Waals surface area contributed by atoms with Crippen LogP contribution in [0.3, 0.4) is 0 Å². The summed E-state index contributed by atoms with van der Waals surface area (Å²) in [4.78, 5) is 17.5. The van der Waals surface area contributed by atoms with Crippen molar-refractivity contribution in [1.82, 2.24) is 4.98 Å². The Kier molecular flexibility index (Phi) is 3.82. The van der Waals surface area contributed by atoms with Crippen LogP contribution in [0.1, 0.15) is 6.42 Å². The number of aromatic nitrogens is 1. The Morgan fingerprint density at radius 3 is 2.83 bits per heavy atom. The molecule has 0 aromatic carbocycles. The zero-order valence-electron chi connectivity index (χ0n) is 9.91. The van der Waals surface area contributed by atoms with Gasteiger partial charge in [0.15, 0.2) is 0 Å². The van der Waals surface area contributed by atoms with E-state index < -0.39 is 0 Å². The maximum Gasteiger partial charge on any atom is 0.222 e. The van der Waals surface area contributed by atoms with E-state index in [9.17, 15) is 4.79 Å². The molecule has 1 unspecified atom stereocenters. The summed E-state index contributed by atoms with van der Waals surface area (Å²) in [5, 5.41) is 3.85. The molecule has 0 radical (unpaired) electrons. The number of nitrogens with one attached hydrogen (secondary N) is 1. The molecular formula is C11H14Cl2N4O. The molecule has 0 bridgehead atoms. The Balaban J connectivity index is 2.26. The Bertz CT molecular complexity index is 480. The number of halogens is 2.